The van der Waals surface area contributed by atoms with Gasteiger partial charge in [-0.25, -0.2) is 0 Å². The second-order valence-corrected chi connectivity index (χ2v) is 7.05. The van der Waals surface area contributed by atoms with Crippen LogP contribution in [0.25, 0.3) is 0 Å². The summed E-state index contributed by atoms with van der Waals surface area (Å²) < 4.78 is 0. The molecule has 0 spiro atoms. The molecule has 4 nitrogen and oxygen atoms in total. The normalized spacial score (nSPS) is 24.1. The molecule has 0 atom stereocenters. The number of carbonyl (C=O) groups is 2. The van der Waals surface area contributed by atoms with Gasteiger partial charge in [-0.05, 0) is 89.9 Å². The molecule has 4 rings (SSSR count). The zero-order valence-corrected chi connectivity index (χ0v) is 16.9. The maximum Gasteiger partial charge on any atom is 2.00 e. The van der Waals surface area contributed by atoms with Gasteiger partial charge in [0, 0.05) is 26.2 Å². The molecule has 2 saturated heterocycles. The van der Waals surface area contributed by atoms with Crippen molar-refractivity contribution in [2.24, 2.45) is 0 Å². The average Bonchev–Trinajstić information content (AvgIpc) is 3.43. The predicted molar refractivity (Wildman–Crippen MR) is 102 cm³/mol. The molecule has 0 unspecified atom stereocenters. The molecule has 27 heavy (non-hydrogen) atoms. The van der Waals surface area contributed by atoms with Crippen molar-refractivity contribution in [3.05, 3.63) is 63.2 Å². The Morgan fingerprint density at radius 1 is 0.556 bits per heavy atom. The molecule has 2 amide bonds. The molecule has 0 aromatic heterocycles. The van der Waals surface area contributed by atoms with Gasteiger partial charge in [0.2, 0.25) is 11.8 Å². The van der Waals surface area contributed by atoms with E-state index in [1.54, 1.807) is 0 Å². The van der Waals surface area contributed by atoms with Crippen molar-refractivity contribution in [1.82, 2.24) is 9.80 Å². The first kappa shape index (κ1) is 22.7. The molecule has 2 heterocycles. The fraction of sp³-hybridized carbons (Fsp3) is 0.455. The number of piperidine rings is 2. The number of amides is 2. The van der Waals surface area contributed by atoms with E-state index in [9.17, 15) is 9.59 Å². The van der Waals surface area contributed by atoms with Crippen LogP contribution in [0.2, 0.25) is 0 Å². The fourth-order valence-electron chi connectivity index (χ4n) is 3.59. The van der Waals surface area contributed by atoms with Gasteiger partial charge in [-0.1, -0.05) is 0 Å². The van der Waals surface area contributed by atoms with Gasteiger partial charge < -0.3 is 9.80 Å². The van der Waals surface area contributed by atoms with Crippen LogP contribution in [0.1, 0.15) is 38.5 Å². The van der Waals surface area contributed by atoms with E-state index < -0.39 is 0 Å². The minimum absolute atomic E-state index is 0. The molecule has 2 aliphatic carbocycles. The summed E-state index contributed by atoms with van der Waals surface area (Å²) in [5.41, 5.74) is 0. The van der Waals surface area contributed by atoms with Crippen molar-refractivity contribution >= 4 is 11.8 Å². The van der Waals surface area contributed by atoms with E-state index in [2.05, 4.69) is 0 Å². The van der Waals surface area contributed by atoms with Crippen LogP contribution in [0.4, 0.5) is 0 Å². The SMILES string of the molecule is O=C([C]1[CH][CH][CH][CH]1)N1CCCCC1.O=C([C]1[CH][CH][CH][CH]1)N1CCCCC1.[Fe+2]. The summed E-state index contributed by atoms with van der Waals surface area (Å²) >= 11 is 0. The first-order chi connectivity index (χ1) is 12.8. The van der Waals surface area contributed by atoms with Gasteiger partial charge in [-0.15, -0.1) is 0 Å². The van der Waals surface area contributed by atoms with Crippen LogP contribution in [0.3, 0.4) is 0 Å². The summed E-state index contributed by atoms with van der Waals surface area (Å²) in [7, 11) is 0. The van der Waals surface area contributed by atoms with Gasteiger partial charge in [0.25, 0.3) is 0 Å². The van der Waals surface area contributed by atoms with Crippen molar-refractivity contribution in [3.8, 4) is 0 Å². The minimum atomic E-state index is 0. The molecule has 0 aromatic carbocycles. The predicted octanol–water partition coefficient (Wildman–Crippen LogP) is 2.81. The number of hydrogen-bond acceptors (Lipinski definition) is 2. The average molecular weight is 408 g/mol. The van der Waals surface area contributed by atoms with Crippen LogP contribution in [0, 0.1) is 63.2 Å². The van der Waals surface area contributed by atoms with Crippen molar-refractivity contribution in [1.29, 1.82) is 0 Å². The van der Waals surface area contributed by atoms with E-state index in [-0.39, 0.29) is 28.9 Å². The fourth-order valence-corrected chi connectivity index (χ4v) is 3.59. The molecule has 2 saturated carbocycles. The number of carbonyl (C=O) groups excluding carboxylic acids is 2. The Bertz CT molecular complexity index is 405. The van der Waals surface area contributed by atoms with Crippen LogP contribution < -0.4 is 0 Å². The quantitative estimate of drug-likeness (QED) is 0.660. The Kier molecular flexibility index (Phi) is 10.2. The molecule has 4 fully saturated rings. The number of rotatable bonds is 2. The second kappa shape index (κ2) is 12.1. The number of likely N-dealkylation sites (tertiary alicyclic amines) is 2. The van der Waals surface area contributed by atoms with E-state index in [0.717, 1.165) is 63.7 Å². The van der Waals surface area contributed by atoms with E-state index in [0.29, 0.717) is 0 Å². The summed E-state index contributed by atoms with van der Waals surface area (Å²) in [6, 6.07) is 0. The van der Waals surface area contributed by atoms with Crippen LogP contribution in [0.5, 0.6) is 0 Å². The van der Waals surface area contributed by atoms with E-state index in [1.165, 1.54) is 12.8 Å². The standard InChI is InChI=1S/2C11H14NO.Fe/c2*13-11(10-6-2-3-7-10)12-8-4-1-5-9-12;/h2*2-3,6-7H,1,4-5,8-9H2;/q;;+2. The molecule has 0 bridgehead atoms. The van der Waals surface area contributed by atoms with Crippen molar-refractivity contribution in [3.63, 3.8) is 0 Å². The Labute approximate surface area is 176 Å². The number of hydrogen-bond donors (Lipinski definition) is 0. The zero-order valence-electron chi connectivity index (χ0n) is 15.8. The molecular weight excluding hydrogens is 380 g/mol. The topological polar surface area (TPSA) is 40.6 Å². The van der Waals surface area contributed by atoms with Gasteiger partial charge in [-0.2, -0.15) is 0 Å². The van der Waals surface area contributed by atoms with E-state index >= 15 is 0 Å². The van der Waals surface area contributed by atoms with Crippen LogP contribution in [0.15, 0.2) is 0 Å². The first-order valence-electron chi connectivity index (χ1n) is 9.78. The van der Waals surface area contributed by atoms with Gasteiger partial charge in [0.15, 0.2) is 0 Å². The van der Waals surface area contributed by atoms with Crippen LogP contribution in [-0.4, -0.2) is 47.8 Å². The summed E-state index contributed by atoms with van der Waals surface area (Å²) in [5, 5.41) is 0. The van der Waals surface area contributed by atoms with Crippen LogP contribution in [-0.2, 0) is 26.7 Å². The van der Waals surface area contributed by atoms with Crippen molar-refractivity contribution in [2.75, 3.05) is 26.2 Å². The Morgan fingerprint density at radius 3 is 1.15 bits per heavy atom. The maximum atomic E-state index is 11.8. The van der Waals surface area contributed by atoms with Gasteiger partial charge >= 0.3 is 17.1 Å². The van der Waals surface area contributed by atoms with E-state index in [4.69, 9.17) is 0 Å². The van der Waals surface area contributed by atoms with Gasteiger partial charge in [0.05, 0.1) is 11.8 Å². The first-order valence-corrected chi connectivity index (χ1v) is 9.78. The number of nitrogens with zero attached hydrogens (tertiary/aromatic N) is 2. The molecule has 5 heteroatoms. The third-order valence-corrected chi connectivity index (χ3v) is 5.11. The van der Waals surface area contributed by atoms with Crippen LogP contribution >= 0.6 is 0 Å². The summed E-state index contributed by atoms with van der Waals surface area (Å²) in [6.45, 7) is 3.74. The molecular formula is C22H28FeN2O2+2. The van der Waals surface area contributed by atoms with Gasteiger partial charge in [-0.3, -0.25) is 9.59 Å². The Balaban J connectivity index is 0.000000187. The Hall–Kier alpha value is -0.541. The smallest absolute Gasteiger partial charge is 0.342 e. The monoisotopic (exact) mass is 408 g/mol. The molecule has 4 aliphatic rings. The third-order valence-electron chi connectivity index (χ3n) is 5.11. The summed E-state index contributed by atoms with van der Waals surface area (Å²) in [5.74, 6) is 2.07. The minimum Gasteiger partial charge on any atom is -0.342 e. The van der Waals surface area contributed by atoms with E-state index in [1.807, 2.05) is 61.2 Å². The largest absolute Gasteiger partial charge is 2.00 e. The van der Waals surface area contributed by atoms with Gasteiger partial charge in [0.1, 0.15) is 0 Å². The zero-order chi connectivity index (χ0) is 18.2. The molecule has 2 aliphatic heterocycles. The summed E-state index contributed by atoms with van der Waals surface area (Å²) in [6.07, 6.45) is 22.4. The maximum absolute atomic E-state index is 11.8. The van der Waals surface area contributed by atoms with Crippen molar-refractivity contribution < 1.29 is 26.7 Å². The molecule has 10 radical (unpaired) electrons. The Morgan fingerprint density at radius 2 is 0.852 bits per heavy atom. The molecule has 0 aromatic rings. The second-order valence-electron chi connectivity index (χ2n) is 7.05. The third kappa shape index (κ3) is 6.78. The molecule has 144 valence electrons. The summed E-state index contributed by atoms with van der Waals surface area (Å²) in [4.78, 5) is 27.5. The molecule has 0 N–H and O–H groups in total. The van der Waals surface area contributed by atoms with Crippen molar-refractivity contribution in [2.45, 2.75) is 38.5 Å².